The van der Waals surface area contributed by atoms with E-state index in [4.69, 9.17) is 9.47 Å². The standard InChI is InChI=1S/C49H60N6O7S/c1-32(36-16-18-37(19-17-36)45-33(2)51-31-63-45)52-47(59)42-27-39(56)30-55(42)48(60)46(49(3,4)5)53-43(57)22-25-62-26-24-54(23-21-38-28-50-41-10-8-7-9-40(38)41)29-35-13-11-34(12-14-35)15-20-44(58)61-6/h7-20,28,31-32,39,42,46,50,56H,21-27,29-30H2,1-6H3,(H,52,59)(H,53,57)/b20-15+/t32-,39+,42-,46+/m0/s1. The van der Waals surface area contributed by atoms with E-state index in [2.05, 4.69) is 43.8 Å². The molecule has 4 atom stereocenters. The maximum Gasteiger partial charge on any atom is 0.330 e. The zero-order valence-corrected chi connectivity index (χ0v) is 37.9. The Morgan fingerprint density at radius 2 is 1.76 bits per heavy atom. The molecule has 14 heteroatoms. The lowest BCUT2D eigenvalue weighted by Gasteiger charge is -2.35. The first-order chi connectivity index (χ1) is 30.2. The Morgan fingerprint density at radius 3 is 2.46 bits per heavy atom. The van der Waals surface area contributed by atoms with E-state index >= 15 is 0 Å². The molecule has 1 aliphatic rings. The van der Waals surface area contributed by atoms with Crippen LogP contribution in [0.2, 0.25) is 0 Å². The largest absolute Gasteiger partial charge is 0.466 e. The number of aromatic amines is 1. The molecule has 1 fully saturated rings. The number of fused-ring (bicyclic) bond motifs is 1. The highest BCUT2D eigenvalue weighted by Gasteiger charge is 2.44. The fourth-order valence-electron chi connectivity index (χ4n) is 7.82. The molecular formula is C49H60N6O7S. The number of aryl methyl sites for hydroxylation is 1. The molecule has 0 saturated carbocycles. The molecular weight excluding hydrogens is 817 g/mol. The third kappa shape index (κ3) is 12.7. The Labute approximate surface area is 373 Å². The molecule has 0 spiro atoms. The van der Waals surface area contributed by atoms with Gasteiger partial charge in [-0.25, -0.2) is 9.78 Å². The second-order valence-corrected chi connectivity index (χ2v) is 18.1. The van der Waals surface area contributed by atoms with Crippen molar-refractivity contribution in [1.82, 2.24) is 30.4 Å². The predicted octanol–water partition coefficient (Wildman–Crippen LogP) is 6.61. The molecule has 334 valence electrons. The Balaban J connectivity index is 1.01. The van der Waals surface area contributed by atoms with Crippen LogP contribution < -0.4 is 10.6 Å². The number of methoxy groups -OCH3 is 1. The maximum atomic E-state index is 14.2. The number of thiazole rings is 1. The SMILES string of the molecule is COC(=O)/C=C/c1ccc(CN(CCOCCC(=O)N[C@H](C(=O)N2C[C@H](O)C[C@H]2C(=O)N[C@@H](C)c2ccc(-c3scnc3C)cc2)C(C)(C)C)CCc2c[nH]c3ccccc23)cc1. The summed E-state index contributed by atoms with van der Waals surface area (Å²) in [6, 6.07) is 22.0. The molecule has 63 heavy (non-hydrogen) atoms. The number of H-pyrrole nitrogens is 1. The Bertz CT molecular complexity index is 2350. The maximum absolute atomic E-state index is 14.2. The van der Waals surface area contributed by atoms with E-state index in [-0.39, 0.29) is 43.8 Å². The van der Waals surface area contributed by atoms with Crippen LogP contribution in [-0.4, -0.2) is 107 Å². The van der Waals surface area contributed by atoms with Gasteiger partial charge in [-0.05, 0) is 65.6 Å². The minimum Gasteiger partial charge on any atom is -0.466 e. The number of carbonyl (C=O) groups excluding carboxylic acids is 4. The molecule has 5 aromatic rings. The summed E-state index contributed by atoms with van der Waals surface area (Å²) in [5, 5.41) is 17.9. The van der Waals surface area contributed by atoms with Gasteiger partial charge in [0.2, 0.25) is 17.7 Å². The van der Waals surface area contributed by atoms with Crippen LogP contribution in [0.15, 0.2) is 90.6 Å². The van der Waals surface area contributed by atoms with Gasteiger partial charge in [0.05, 0.1) is 48.6 Å². The first kappa shape index (κ1) is 46.8. The van der Waals surface area contributed by atoms with Crippen molar-refractivity contribution >= 4 is 52.0 Å². The van der Waals surface area contributed by atoms with Gasteiger partial charge >= 0.3 is 5.97 Å². The highest BCUT2D eigenvalue weighted by atomic mass is 32.1. The van der Waals surface area contributed by atoms with Crippen LogP contribution in [0, 0.1) is 12.3 Å². The third-order valence-corrected chi connectivity index (χ3v) is 12.4. The van der Waals surface area contributed by atoms with Crippen LogP contribution >= 0.6 is 11.3 Å². The summed E-state index contributed by atoms with van der Waals surface area (Å²) in [6.07, 6.45) is 5.27. The molecule has 3 amide bonds. The first-order valence-corrected chi connectivity index (χ1v) is 22.4. The molecule has 13 nitrogen and oxygen atoms in total. The van der Waals surface area contributed by atoms with Gasteiger partial charge in [0.15, 0.2) is 0 Å². The van der Waals surface area contributed by atoms with Gasteiger partial charge in [-0.2, -0.15) is 0 Å². The minimum absolute atomic E-state index is 0.00679. The smallest absolute Gasteiger partial charge is 0.330 e. The van der Waals surface area contributed by atoms with Gasteiger partial charge in [0, 0.05) is 62.2 Å². The number of likely N-dealkylation sites (tertiary alicyclic amines) is 1. The number of nitrogens with zero attached hydrogens (tertiary/aromatic N) is 3. The van der Waals surface area contributed by atoms with E-state index in [0.29, 0.717) is 19.7 Å². The summed E-state index contributed by atoms with van der Waals surface area (Å²) in [7, 11) is 1.35. The van der Waals surface area contributed by atoms with Crippen molar-refractivity contribution in [3.05, 3.63) is 119 Å². The number of para-hydroxylation sites is 1. The van der Waals surface area contributed by atoms with Crippen LogP contribution in [0.5, 0.6) is 0 Å². The average Bonchev–Trinajstić information content (AvgIpc) is 4.01. The number of hydrogen-bond donors (Lipinski definition) is 4. The number of esters is 1. The minimum atomic E-state index is -0.937. The number of hydrogen-bond acceptors (Lipinski definition) is 10. The van der Waals surface area contributed by atoms with Gasteiger partial charge in [-0.1, -0.05) is 87.5 Å². The van der Waals surface area contributed by atoms with E-state index in [1.165, 1.54) is 29.0 Å². The van der Waals surface area contributed by atoms with Crippen molar-refractivity contribution < 1.29 is 33.8 Å². The van der Waals surface area contributed by atoms with Crippen molar-refractivity contribution in [2.24, 2.45) is 5.41 Å². The third-order valence-electron chi connectivity index (χ3n) is 11.5. The monoisotopic (exact) mass is 876 g/mol. The molecule has 3 aromatic carbocycles. The Kier molecular flexibility index (Phi) is 16.1. The number of aliphatic hydroxyl groups is 1. The number of ether oxygens (including phenoxy) is 2. The van der Waals surface area contributed by atoms with Gasteiger partial charge in [-0.3, -0.25) is 19.3 Å². The van der Waals surface area contributed by atoms with Crippen molar-refractivity contribution in [2.45, 2.75) is 84.7 Å². The van der Waals surface area contributed by atoms with Gasteiger partial charge in [0.1, 0.15) is 12.1 Å². The molecule has 2 aromatic heterocycles. The van der Waals surface area contributed by atoms with E-state index in [1.807, 2.05) is 101 Å². The molecule has 6 rings (SSSR count). The van der Waals surface area contributed by atoms with E-state index in [9.17, 15) is 24.3 Å². The van der Waals surface area contributed by atoms with Crippen molar-refractivity contribution in [2.75, 3.05) is 40.0 Å². The molecule has 0 bridgehead atoms. The molecule has 1 saturated heterocycles. The van der Waals surface area contributed by atoms with Gasteiger partial charge in [-0.15, -0.1) is 11.3 Å². The average molecular weight is 877 g/mol. The molecule has 4 N–H and O–H groups in total. The Morgan fingerprint density at radius 1 is 1.02 bits per heavy atom. The van der Waals surface area contributed by atoms with Crippen LogP contribution in [0.4, 0.5) is 0 Å². The number of aromatic nitrogens is 2. The molecule has 0 aliphatic carbocycles. The van der Waals surface area contributed by atoms with Crippen molar-refractivity contribution in [1.29, 1.82) is 0 Å². The van der Waals surface area contributed by atoms with Crippen molar-refractivity contribution in [3.63, 3.8) is 0 Å². The lowest BCUT2D eigenvalue weighted by atomic mass is 9.85. The quantitative estimate of drug-likeness (QED) is 0.0406. The number of benzene rings is 3. The summed E-state index contributed by atoms with van der Waals surface area (Å²) in [4.78, 5) is 65.3. The lowest BCUT2D eigenvalue weighted by molar-refractivity contribution is -0.144. The van der Waals surface area contributed by atoms with E-state index in [0.717, 1.165) is 51.3 Å². The highest BCUT2D eigenvalue weighted by Crippen LogP contribution is 2.30. The number of carbonyl (C=O) groups is 4. The first-order valence-electron chi connectivity index (χ1n) is 21.5. The number of β-amino-alcohol motifs (C(OH)–C–C–N with tert-alkyl or cyclic N) is 1. The lowest BCUT2D eigenvalue weighted by Crippen LogP contribution is -2.58. The molecule has 1 aliphatic heterocycles. The van der Waals surface area contributed by atoms with Gasteiger partial charge < -0.3 is 35.1 Å². The predicted molar refractivity (Wildman–Crippen MR) is 247 cm³/mol. The zero-order valence-electron chi connectivity index (χ0n) is 37.1. The fourth-order valence-corrected chi connectivity index (χ4v) is 8.63. The Hall–Kier alpha value is -5.67. The zero-order chi connectivity index (χ0) is 45.1. The van der Waals surface area contributed by atoms with Gasteiger partial charge in [0.25, 0.3) is 0 Å². The number of nitrogens with one attached hydrogen (secondary N) is 3. The van der Waals surface area contributed by atoms with Crippen LogP contribution in [0.1, 0.15) is 74.5 Å². The van der Waals surface area contributed by atoms with Crippen LogP contribution in [-0.2, 0) is 41.6 Å². The summed E-state index contributed by atoms with van der Waals surface area (Å²) in [5.74, 6) is -1.52. The van der Waals surface area contributed by atoms with Crippen LogP contribution in [0.25, 0.3) is 27.4 Å². The highest BCUT2D eigenvalue weighted by molar-refractivity contribution is 7.13. The number of amides is 3. The second kappa shape index (κ2) is 21.6. The second-order valence-electron chi connectivity index (χ2n) is 17.2. The van der Waals surface area contributed by atoms with E-state index in [1.54, 1.807) is 17.4 Å². The summed E-state index contributed by atoms with van der Waals surface area (Å²) < 4.78 is 10.7. The van der Waals surface area contributed by atoms with Crippen molar-refractivity contribution in [3.8, 4) is 10.4 Å². The number of rotatable bonds is 19. The fraction of sp³-hybridized carbons (Fsp3) is 0.408. The summed E-state index contributed by atoms with van der Waals surface area (Å²) >= 11 is 1.58. The molecule has 0 radical (unpaired) electrons. The molecule has 3 heterocycles. The summed E-state index contributed by atoms with van der Waals surface area (Å²) in [6.45, 7) is 12.1. The summed E-state index contributed by atoms with van der Waals surface area (Å²) in [5.41, 5.74) is 8.38. The van der Waals surface area contributed by atoms with Crippen LogP contribution in [0.3, 0.4) is 0 Å². The number of aliphatic hydroxyl groups excluding tert-OH is 1. The molecule has 0 unspecified atom stereocenters. The van der Waals surface area contributed by atoms with E-state index < -0.39 is 35.5 Å². The normalized spacial score (nSPS) is 16.4. The topological polar surface area (TPSA) is 166 Å².